The van der Waals surface area contributed by atoms with Crippen LogP contribution in [0.15, 0.2) is 42.0 Å². The lowest BCUT2D eigenvalue weighted by Gasteiger charge is -2.05. The fourth-order valence-electron chi connectivity index (χ4n) is 1.11. The Labute approximate surface area is 106 Å². The lowest BCUT2D eigenvalue weighted by atomic mass is 10.1. The van der Waals surface area contributed by atoms with Gasteiger partial charge >= 0.3 is 0 Å². The molecule has 0 spiro atoms. The van der Waals surface area contributed by atoms with Crippen LogP contribution in [0.25, 0.3) is 0 Å². The molecule has 1 aromatic rings. The third kappa shape index (κ3) is 4.65. The summed E-state index contributed by atoms with van der Waals surface area (Å²) in [5, 5.41) is 16.6. The van der Waals surface area contributed by atoms with Gasteiger partial charge in [-0.25, -0.2) is 0 Å². The Bertz CT molecular complexity index is 426. The largest absolute Gasteiger partial charge is 0.508 e. The van der Waals surface area contributed by atoms with Crippen LogP contribution in [-0.4, -0.2) is 22.5 Å². The minimum atomic E-state index is 0.234. The molecule has 0 aliphatic carbocycles. The average Bonchev–Trinajstić information content (AvgIpc) is 2.34. The van der Waals surface area contributed by atoms with Gasteiger partial charge in [0.05, 0.1) is 5.71 Å². The zero-order chi connectivity index (χ0) is 12.7. The van der Waals surface area contributed by atoms with E-state index in [-0.39, 0.29) is 5.75 Å². The number of benzene rings is 1. The van der Waals surface area contributed by atoms with Crippen molar-refractivity contribution in [1.82, 2.24) is 10.7 Å². The van der Waals surface area contributed by atoms with E-state index in [0.717, 1.165) is 11.3 Å². The molecule has 17 heavy (non-hydrogen) atoms. The predicted molar refractivity (Wildman–Crippen MR) is 74.3 cm³/mol. The molecule has 0 bridgehead atoms. The van der Waals surface area contributed by atoms with Gasteiger partial charge in [-0.1, -0.05) is 6.08 Å². The van der Waals surface area contributed by atoms with Crippen molar-refractivity contribution in [2.24, 2.45) is 5.10 Å². The van der Waals surface area contributed by atoms with Crippen molar-refractivity contribution < 1.29 is 5.11 Å². The van der Waals surface area contributed by atoms with Crippen LogP contribution in [0.1, 0.15) is 12.5 Å². The third-order valence-electron chi connectivity index (χ3n) is 2.02. The molecular formula is C12H15N3OS. The van der Waals surface area contributed by atoms with E-state index in [1.807, 2.05) is 6.92 Å². The number of phenolic OH excluding ortho intramolecular Hbond substituents is 1. The zero-order valence-corrected chi connectivity index (χ0v) is 10.4. The first kappa shape index (κ1) is 13.2. The summed E-state index contributed by atoms with van der Waals surface area (Å²) in [7, 11) is 0. The molecule has 0 saturated carbocycles. The fraction of sp³-hybridized carbons (Fsp3) is 0.167. The summed E-state index contributed by atoms with van der Waals surface area (Å²) < 4.78 is 0. The lowest BCUT2D eigenvalue weighted by molar-refractivity contribution is 0.475. The normalized spacial score (nSPS) is 10.8. The van der Waals surface area contributed by atoms with Crippen molar-refractivity contribution in [3.63, 3.8) is 0 Å². The maximum absolute atomic E-state index is 9.16. The van der Waals surface area contributed by atoms with E-state index in [1.54, 1.807) is 30.3 Å². The summed E-state index contributed by atoms with van der Waals surface area (Å²) in [5.41, 5.74) is 4.43. The maximum Gasteiger partial charge on any atom is 0.187 e. The van der Waals surface area contributed by atoms with Crippen LogP contribution in [0.5, 0.6) is 5.75 Å². The Balaban J connectivity index is 2.57. The van der Waals surface area contributed by atoms with E-state index in [1.165, 1.54) is 0 Å². The number of aromatic hydroxyl groups is 1. The number of nitrogens with zero attached hydrogens (tertiary/aromatic N) is 1. The molecule has 4 nitrogen and oxygen atoms in total. The summed E-state index contributed by atoms with van der Waals surface area (Å²) in [6.07, 6.45) is 1.71. The summed E-state index contributed by atoms with van der Waals surface area (Å²) in [5.74, 6) is 0.234. The Morgan fingerprint density at radius 1 is 1.47 bits per heavy atom. The van der Waals surface area contributed by atoms with Crippen LogP contribution >= 0.6 is 12.2 Å². The predicted octanol–water partition coefficient (Wildman–Crippen LogP) is 1.77. The van der Waals surface area contributed by atoms with Gasteiger partial charge in [0.1, 0.15) is 5.75 Å². The Morgan fingerprint density at radius 3 is 2.71 bits per heavy atom. The molecule has 0 aromatic heterocycles. The molecule has 3 N–H and O–H groups in total. The molecule has 0 amide bonds. The molecule has 0 aliphatic rings. The first-order chi connectivity index (χ1) is 8.13. The molecule has 0 atom stereocenters. The van der Waals surface area contributed by atoms with E-state index in [0.29, 0.717) is 11.7 Å². The van der Waals surface area contributed by atoms with Crippen LogP contribution in [0.2, 0.25) is 0 Å². The van der Waals surface area contributed by atoms with Gasteiger partial charge in [0.15, 0.2) is 5.11 Å². The van der Waals surface area contributed by atoms with Crippen LogP contribution in [0.4, 0.5) is 0 Å². The van der Waals surface area contributed by atoms with Gasteiger partial charge in [0.25, 0.3) is 0 Å². The Kier molecular flexibility index (Phi) is 5.16. The van der Waals surface area contributed by atoms with Crippen molar-refractivity contribution in [1.29, 1.82) is 0 Å². The number of nitrogens with one attached hydrogen (secondary N) is 2. The lowest BCUT2D eigenvalue weighted by Crippen LogP contribution is -2.32. The number of thiocarbonyl (C=S) groups is 1. The van der Waals surface area contributed by atoms with Crippen molar-refractivity contribution in [3.8, 4) is 5.75 Å². The van der Waals surface area contributed by atoms with Gasteiger partial charge in [-0.15, -0.1) is 6.58 Å². The summed E-state index contributed by atoms with van der Waals surface area (Å²) in [6, 6.07) is 6.80. The van der Waals surface area contributed by atoms with Crippen molar-refractivity contribution in [2.45, 2.75) is 6.92 Å². The van der Waals surface area contributed by atoms with Crippen LogP contribution in [0, 0.1) is 0 Å². The van der Waals surface area contributed by atoms with E-state index in [2.05, 4.69) is 22.4 Å². The van der Waals surface area contributed by atoms with Gasteiger partial charge in [-0.2, -0.15) is 5.10 Å². The second kappa shape index (κ2) is 6.65. The van der Waals surface area contributed by atoms with E-state index >= 15 is 0 Å². The molecular weight excluding hydrogens is 234 g/mol. The van der Waals surface area contributed by atoms with Crippen molar-refractivity contribution >= 4 is 23.0 Å². The molecule has 90 valence electrons. The SMILES string of the molecule is C=CCNC(=S)N/N=C(\C)c1ccc(O)cc1. The first-order valence-corrected chi connectivity index (χ1v) is 5.52. The standard InChI is InChI=1S/C12H15N3OS/c1-3-8-13-12(17)15-14-9(2)10-4-6-11(16)7-5-10/h3-7,16H,1,8H2,2H3,(H2,13,15,17)/b14-9+. The van der Waals surface area contributed by atoms with Crippen LogP contribution < -0.4 is 10.7 Å². The highest BCUT2D eigenvalue weighted by atomic mass is 32.1. The van der Waals surface area contributed by atoms with Gasteiger partial charge in [0.2, 0.25) is 0 Å². The maximum atomic E-state index is 9.16. The second-order valence-electron chi connectivity index (χ2n) is 3.35. The topological polar surface area (TPSA) is 56.7 Å². The smallest absolute Gasteiger partial charge is 0.187 e. The summed E-state index contributed by atoms with van der Waals surface area (Å²) in [6.45, 7) is 6.03. The molecule has 0 fully saturated rings. The molecule has 0 aliphatic heterocycles. The molecule has 0 unspecified atom stereocenters. The molecule has 5 heteroatoms. The molecule has 0 heterocycles. The van der Waals surface area contributed by atoms with Gasteiger partial charge in [-0.3, -0.25) is 5.43 Å². The highest BCUT2D eigenvalue weighted by molar-refractivity contribution is 7.80. The summed E-state index contributed by atoms with van der Waals surface area (Å²) >= 11 is 4.99. The number of hydrogen-bond donors (Lipinski definition) is 3. The Hall–Kier alpha value is -1.88. The number of rotatable bonds is 4. The van der Waals surface area contributed by atoms with Crippen molar-refractivity contribution in [3.05, 3.63) is 42.5 Å². The summed E-state index contributed by atoms with van der Waals surface area (Å²) in [4.78, 5) is 0. The minimum absolute atomic E-state index is 0.234. The first-order valence-electron chi connectivity index (χ1n) is 5.12. The minimum Gasteiger partial charge on any atom is -0.508 e. The highest BCUT2D eigenvalue weighted by Gasteiger charge is 1.98. The van der Waals surface area contributed by atoms with Crippen molar-refractivity contribution in [2.75, 3.05) is 6.54 Å². The van der Waals surface area contributed by atoms with Crippen LogP contribution in [0.3, 0.4) is 0 Å². The van der Waals surface area contributed by atoms with E-state index < -0.39 is 0 Å². The number of hydrogen-bond acceptors (Lipinski definition) is 3. The fourth-order valence-corrected chi connectivity index (χ4v) is 1.24. The van der Waals surface area contributed by atoms with Crippen LogP contribution in [-0.2, 0) is 0 Å². The number of phenols is 1. The van der Waals surface area contributed by atoms with E-state index in [4.69, 9.17) is 17.3 Å². The monoisotopic (exact) mass is 249 g/mol. The van der Waals surface area contributed by atoms with Gasteiger partial charge < -0.3 is 10.4 Å². The zero-order valence-electron chi connectivity index (χ0n) is 9.60. The Morgan fingerprint density at radius 2 is 2.12 bits per heavy atom. The third-order valence-corrected chi connectivity index (χ3v) is 2.25. The molecule has 1 rings (SSSR count). The average molecular weight is 249 g/mol. The molecule has 0 radical (unpaired) electrons. The number of hydrazone groups is 1. The van der Waals surface area contributed by atoms with Gasteiger partial charge in [-0.05, 0) is 49.0 Å². The van der Waals surface area contributed by atoms with Gasteiger partial charge in [0, 0.05) is 6.54 Å². The highest BCUT2D eigenvalue weighted by Crippen LogP contribution is 2.10. The second-order valence-corrected chi connectivity index (χ2v) is 3.76. The van der Waals surface area contributed by atoms with E-state index in [9.17, 15) is 0 Å². The molecule has 0 saturated heterocycles. The molecule has 1 aromatic carbocycles. The quantitative estimate of drug-likeness (QED) is 0.329.